The average Bonchev–Trinajstić information content (AvgIpc) is 2.51. The smallest absolute Gasteiger partial charge is 0.200 e. The van der Waals surface area contributed by atoms with Gasteiger partial charge in [-0.2, -0.15) is 0 Å². The Hall–Kier alpha value is -2.46. The van der Waals surface area contributed by atoms with Crippen LogP contribution in [0.4, 0.5) is 5.69 Å². The maximum absolute atomic E-state index is 12.6. The lowest BCUT2D eigenvalue weighted by Gasteiger charge is -2.06. The van der Waals surface area contributed by atoms with E-state index in [4.69, 9.17) is 26.5 Å². The molecule has 1 heterocycles. The van der Waals surface area contributed by atoms with Crippen LogP contribution in [0.5, 0.6) is 5.75 Å². The summed E-state index contributed by atoms with van der Waals surface area (Å²) in [7, 11) is 0. The fraction of sp³-hybridized carbons (Fsp3) is 0.118. The van der Waals surface area contributed by atoms with Gasteiger partial charge < -0.3 is 14.9 Å². The second-order valence-electron chi connectivity index (χ2n) is 4.81. The van der Waals surface area contributed by atoms with E-state index in [1.807, 2.05) is 6.92 Å². The van der Waals surface area contributed by atoms with Crippen molar-refractivity contribution in [3.8, 4) is 16.9 Å². The van der Waals surface area contributed by atoms with Gasteiger partial charge in [0.2, 0.25) is 0 Å². The Morgan fingerprint density at radius 1 is 1.23 bits per heavy atom. The van der Waals surface area contributed by atoms with E-state index in [1.54, 1.807) is 36.4 Å². The molecule has 0 atom stereocenters. The predicted molar refractivity (Wildman–Crippen MR) is 88.5 cm³/mol. The molecule has 0 aliphatic rings. The molecule has 0 aliphatic heterocycles. The van der Waals surface area contributed by atoms with Gasteiger partial charge >= 0.3 is 0 Å². The predicted octanol–water partition coefficient (Wildman–Crippen LogP) is 4.09. The minimum absolute atomic E-state index is 0.120. The molecule has 0 unspecified atom stereocenters. The van der Waals surface area contributed by atoms with E-state index in [-0.39, 0.29) is 5.43 Å². The third-order valence-electron chi connectivity index (χ3n) is 3.37. The van der Waals surface area contributed by atoms with Crippen LogP contribution in [0.15, 0.2) is 51.9 Å². The molecule has 2 aromatic carbocycles. The van der Waals surface area contributed by atoms with Gasteiger partial charge in [0, 0.05) is 6.07 Å². The van der Waals surface area contributed by atoms with E-state index in [1.165, 1.54) is 6.26 Å². The van der Waals surface area contributed by atoms with E-state index < -0.39 is 0 Å². The molecule has 1 aromatic heterocycles. The molecule has 3 aromatic rings. The van der Waals surface area contributed by atoms with Crippen LogP contribution in [0, 0.1) is 0 Å². The summed E-state index contributed by atoms with van der Waals surface area (Å²) in [4.78, 5) is 12.6. The SMILES string of the molecule is CCOc1ccc2c(=O)c(-c3ccc(N)c(Cl)c3)coc2c1. The van der Waals surface area contributed by atoms with Gasteiger partial charge in [0.1, 0.15) is 17.6 Å². The number of hydrogen-bond acceptors (Lipinski definition) is 4. The van der Waals surface area contributed by atoms with Crippen molar-refractivity contribution < 1.29 is 9.15 Å². The van der Waals surface area contributed by atoms with Gasteiger partial charge in [0.25, 0.3) is 0 Å². The quantitative estimate of drug-likeness (QED) is 0.739. The lowest BCUT2D eigenvalue weighted by molar-refractivity contribution is 0.340. The first-order valence-electron chi connectivity index (χ1n) is 6.84. The number of hydrogen-bond donors (Lipinski definition) is 1. The molecular weight excluding hydrogens is 302 g/mol. The molecule has 2 N–H and O–H groups in total. The van der Waals surface area contributed by atoms with E-state index in [0.717, 1.165) is 0 Å². The average molecular weight is 316 g/mol. The Labute approximate surface area is 132 Å². The maximum Gasteiger partial charge on any atom is 0.200 e. The molecule has 0 saturated carbocycles. The second kappa shape index (κ2) is 5.73. The Kier molecular flexibility index (Phi) is 3.77. The van der Waals surface area contributed by atoms with Gasteiger partial charge in [-0.05, 0) is 36.8 Å². The standard InChI is InChI=1S/C17H14ClNO3/c1-2-21-11-4-5-12-16(8-11)22-9-13(17(12)20)10-3-6-15(19)14(18)7-10/h3-9H,2,19H2,1H3. The Morgan fingerprint density at radius 2 is 2.05 bits per heavy atom. The van der Waals surface area contributed by atoms with Crippen LogP contribution in [0.1, 0.15) is 6.92 Å². The molecule has 3 rings (SSSR count). The van der Waals surface area contributed by atoms with Gasteiger partial charge in [-0.15, -0.1) is 0 Å². The fourth-order valence-electron chi connectivity index (χ4n) is 2.26. The zero-order valence-electron chi connectivity index (χ0n) is 11.9. The van der Waals surface area contributed by atoms with Crippen molar-refractivity contribution in [1.82, 2.24) is 0 Å². The van der Waals surface area contributed by atoms with Crippen LogP contribution in [-0.2, 0) is 0 Å². The normalized spacial score (nSPS) is 10.8. The first kappa shape index (κ1) is 14.5. The van der Waals surface area contributed by atoms with E-state index in [0.29, 0.717) is 45.2 Å². The number of halogens is 1. The van der Waals surface area contributed by atoms with Gasteiger partial charge in [0.15, 0.2) is 5.43 Å². The molecule has 0 amide bonds. The topological polar surface area (TPSA) is 65.5 Å². The van der Waals surface area contributed by atoms with Crippen LogP contribution >= 0.6 is 11.6 Å². The van der Waals surface area contributed by atoms with Crippen molar-refractivity contribution >= 4 is 28.3 Å². The Morgan fingerprint density at radius 3 is 2.77 bits per heavy atom. The summed E-state index contributed by atoms with van der Waals surface area (Å²) in [6.45, 7) is 2.45. The van der Waals surface area contributed by atoms with E-state index >= 15 is 0 Å². The van der Waals surface area contributed by atoms with Gasteiger partial charge in [0.05, 0.1) is 28.3 Å². The highest BCUT2D eigenvalue weighted by Crippen LogP contribution is 2.27. The largest absolute Gasteiger partial charge is 0.494 e. The molecule has 0 bridgehead atoms. The molecule has 22 heavy (non-hydrogen) atoms. The van der Waals surface area contributed by atoms with Crippen LogP contribution in [-0.4, -0.2) is 6.61 Å². The number of ether oxygens (including phenoxy) is 1. The van der Waals surface area contributed by atoms with Crippen molar-refractivity contribution in [3.63, 3.8) is 0 Å². The highest BCUT2D eigenvalue weighted by Gasteiger charge is 2.11. The van der Waals surface area contributed by atoms with Gasteiger partial charge in [-0.3, -0.25) is 4.79 Å². The fourth-order valence-corrected chi connectivity index (χ4v) is 2.44. The number of rotatable bonds is 3. The van der Waals surface area contributed by atoms with Crippen molar-refractivity contribution in [2.45, 2.75) is 6.92 Å². The molecule has 5 heteroatoms. The lowest BCUT2D eigenvalue weighted by atomic mass is 10.1. The summed E-state index contributed by atoms with van der Waals surface area (Å²) in [5.74, 6) is 0.668. The molecule has 4 nitrogen and oxygen atoms in total. The number of nitrogen functional groups attached to an aromatic ring is 1. The van der Waals surface area contributed by atoms with Gasteiger partial charge in [-0.25, -0.2) is 0 Å². The first-order chi connectivity index (χ1) is 10.6. The first-order valence-corrected chi connectivity index (χ1v) is 7.21. The minimum Gasteiger partial charge on any atom is -0.494 e. The highest BCUT2D eigenvalue weighted by molar-refractivity contribution is 6.33. The van der Waals surface area contributed by atoms with Crippen LogP contribution in [0.25, 0.3) is 22.1 Å². The van der Waals surface area contributed by atoms with Crippen molar-refractivity contribution in [2.24, 2.45) is 0 Å². The monoisotopic (exact) mass is 315 g/mol. The van der Waals surface area contributed by atoms with Crippen LogP contribution in [0.3, 0.4) is 0 Å². The highest BCUT2D eigenvalue weighted by atomic mass is 35.5. The third kappa shape index (κ3) is 2.53. The molecule has 0 fully saturated rings. The van der Waals surface area contributed by atoms with Crippen molar-refractivity contribution in [3.05, 3.63) is 57.9 Å². The molecule has 0 radical (unpaired) electrons. The van der Waals surface area contributed by atoms with Gasteiger partial charge in [-0.1, -0.05) is 17.7 Å². The second-order valence-corrected chi connectivity index (χ2v) is 5.21. The molecular formula is C17H14ClNO3. The number of anilines is 1. The summed E-state index contributed by atoms with van der Waals surface area (Å²) < 4.78 is 11.0. The van der Waals surface area contributed by atoms with Crippen LogP contribution in [0.2, 0.25) is 5.02 Å². The molecule has 112 valence electrons. The van der Waals surface area contributed by atoms with Crippen molar-refractivity contribution in [2.75, 3.05) is 12.3 Å². The van der Waals surface area contributed by atoms with Crippen LogP contribution < -0.4 is 15.9 Å². The zero-order chi connectivity index (χ0) is 15.7. The lowest BCUT2D eigenvalue weighted by Crippen LogP contribution is -2.05. The number of fused-ring (bicyclic) bond motifs is 1. The van der Waals surface area contributed by atoms with E-state index in [2.05, 4.69) is 0 Å². The number of nitrogens with two attached hydrogens (primary N) is 1. The third-order valence-corrected chi connectivity index (χ3v) is 3.70. The maximum atomic E-state index is 12.6. The summed E-state index contributed by atoms with van der Waals surface area (Å²) in [5, 5.41) is 0.901. The Balaban J connectivity index is 2.16. The summed E-state index contributed by atoms with van der Waals surface area (Å²) in [5.41, 5.74) is 7.64. The minimum atomic E-state index is -0.120. The molecule has 0 aliphatic carbocycles. The molecule has 0 spiro atoms. The summed E-state index contributed by atoms with van der Waals surface area (Å²) >= 11 is 6.02. The molecule has 0 saturated heterocycles. The Bertz CT molecular complexity index is 902. The summed E-state index contributed by atoms with van der Waals surface area (Å²) in [6.07, 6.45) is 1.43. The van der Waals surface area contributed by atoms with Crippen molar-refractivity contribution in [1.29, 1.82) is 0 Å². The summed E-state index contributed by atoms with van der Waals surface area (Å²) in [6, 6.07) is 10.2. The number of benzene rings is 2. The zero-order valence-corrected chi connectivity index (χ0v) is 12.7. The van der Waals surface area contributed by atoms with E-state index in [9.17, 15) is 4.79 Å².